The van der Waals surface area contributed by atoms with Crippen molar-refractivity contribution in [2.24, 2.45) is 0 Å². The summed E-state index contributed by atoms with van der Waals surface area (Å²) >= 11 is 0. The van der Waals surface area contributed by atoms with Crippen molar-refractivity contribution in [3.8, 4) is 22.5 Å². The van der Waals surface area contributed by atoms with Gasteiger partial charge in [0.1, 0.15) is 0 Å². The Kier molecular flexibility index (Phi) is 7.33. The van der Waals surface area contributed by atoms with Gasteiger partial charge in [0.05, 0.1) is 22.1 Å². The first-order chi connectivity index (χ1) is 29.2. The van der Waals surface area contributed by atoms with Crippen molar-refractivity contribution in [1.82, 2.24) is 9.13 Å². The highest BCUT2D eigenvalue weighted by Gasteiger charge is 2.20. The maximum atomic E-state index is 3.99. The molecule has 0 aliphatic carbocycles. The molecule has 0 amide bonds. The van der Waals surface area contributed by atoms with Crippen LogP contribution in [0.4, 0.5) is 0 Å². The van der Waals surface area contributed by atoms with Crippen LogP contribution in [0.1, 0.15) is 11.1 Å². The van der Waals surface area contributed by atoms with Crippen molar-refractivity contribution in [1.29, 1.82) is 0 Å². The smallest absolute Gasteiger partial charge is 0.0541 e. The number of aryl methyl sites for hydroxylation is 1. The van der Waals surface area contributed by atoms with E-state index in [1.54, 1.807) is 0 Å². The van der Waals surface area contributed by atoms with E-state index >= 15 is 0 Å². The van der Waals surface area contributed by atoms with E-state index in [-0.39, 0.29) is 0 Å². The molecule has 2 aromatic heterocycles. The zero-order valence-electron chi connectivity index (χ0n) is 32.7. The molecule has 0 fully saturated rings. The Morgan fingerprint density at radius 2 is 0.864 bits per heavy atom. The molecule has 2 heteroatoms. The van der Waals surface area contributed by atoms with Crippen LogP contribution in [-0.2, 0) is 0 Å². The Bertz CT molecular complexity index is 3740. The second-order valence-electron chi connectivity index (χ2n) is 15.7. The van der Waals surface area contributed by atoms with Crippen LogP contribution in [0.15, 0.2) is 201 Å². The molecule has 0 N–H and O–H groups in total. The van der Waals surface area contributed by atoms with E-state index in [0.717, 1.165) is 5.69 Å². The van der Waals surface area contributed by atoms with Crippen molar-refractivity contribution in [2.75, 3.05) is 0 Å². The van der Waals surface area contributed by atoms with Gasteiger partial charge < -0.3 is 9.13 Å². The highest BCUT2D eigenvalue weighted by atomic mass is 15.0. The van der Waals surface area contributed by atoms with Gasteiger partial charge in [-0.25, -0.2) is 0 Å². The summed E-state index contributed by atoms with van der Waals surface area (Å²) in [5.74, 6) is 0. The number of allylic oxidation sites excluding steroid dienone is 2. The first-order valence-corrected chi connectivity index (χ1v) is 20.4. The van der Waals surface area contributed by atoms with Crippen LogP contribution < -0.4 is 0 Å². The number of aromatic nitrogens is 2. The largest absolute Gasteiger partial charge is 0.309 e. The lowest BCUT2D eigenvalue weighted by Crippen LogP contribution is -1.96. The van der Waals surface area contributed by atoms with E-state index in [1.807, 2.05) is 6.08 Å². The third-order valence-corrected chi connectivity index (χ3v) is 12.6. The van der Waals surface area contributed by atoms with Gasteiger partial charge in [-0.15, -0.1) is 0 Å². The lowest BCUT2D eigenvalue weighted by molar-refractivity contribution is 1.18. The van der Waals surface area contributed by atoms with Gasteiger partial charge in [-0.05, 0) is 133 Å². The molecule has 12 rings (SSSR count). The maximum Gasteiger partial charge on any atom is 0.0541 e. The number of fused-ring (bicyclic) bond motifs is 14. The van der Waals surface area contributed by atoms with Gasteiger partial charge in [0.25, 0.3) is 0 Å². The molecule has 2 nitrogen and oxygen atoms in total. The second kappa shape index (κ2) is 12.9. The topological polar surface area (TPSA) is 9.86 Å². The van der Waals surface area contributed by atoms with Crippen molar-refractivity contribution in [3.05, 3.63) is 212 Å². The molecular formula is C57H38N2. The average molecular weight is 751 g/mol. The Morgan fingerprint density at radius 3 is 1.49 bits per heavy atom. The summed E-state index contributed by atoms with van der Waals surface area (Å²) in [6.45, 7) is 6.28. The lowest BCUT2D eigenvalue weighted by Gasteiger charge is -2.19. The molecular weight excluding hydrogens is 713 g/mol. The minimum atomic E-state index is 1.15. The second-order valence-corrected chi connectivity index (χ2v) is 15.7. The summed E-state index contributed by atoms with van der Waals surface area (Å²) in [5.41, 5.74) is 12.1. The summed E-state index contributed by atoms with van der Waals surface area (Å²) in [7, 11) is 0. The number of benzene rings is 10. The van der Waals surface area contributed by atoms with Crippen LogP contribution in [0.5, 0.6) is 0 Å². The van der Waals surface area contributed by atoms with E-state index in [4.69, 9.17) is 0 Å². The van der Waals surface area contributed by atoms with Gasteiger partial charge in [-0.3, -0.25) is 0 Å². The highest BCUT2D eigenvalue weighted by molar-refractivity contribution is 6.33. The minimum absolute atomic E-state index is 1.15. The number of hydrogen-bond donors (Lipinski definition) is 0. The van der Waals surface area contributed by atoms with Crippen LogP contribution >= 0.6 is 0 Å². The number of nitrogens with zero attached hydrogens (tertiary/aromatic N) is 2. The van der Waals surface area contributed by atoms with Crippen molar-refractivity contribution in [2.45, 2.75) is 6.92 Å². The normalized spacial score (nSPS) is 12.2. The van der Waals surface area contributed by atoms with Gasteiger partial charge in [-0.2, -0.15) is 0 Å². The van der Waals surface area contributed by atoms with Crippen LogP contribution in [-0.4, -0.2) is 9.13 Å². The van der Waals surface area contributed by atoms with E-state index < -0.39 is 0 Å². The summed E-state index contributed by atoms with van der Waals surface area (Å²) in [6.07, 6.45) is 6.15. The Morgan fingerprint density at radius 1 is 0.373 bits per heavy atom. The Hall–Kier alpha value is -7.68. The molecule has 12 aromatic rings. The Labute approximate surface area is 341 Å². The zero-order valence-corrected chi connectivity index (χ0v) is 32.7. The van der Waals surface area contributed by atoms with Gasteiger partial charge in [0.15, 0.2) is 0 Å². The molecule has 0 unspecified atom stereocenters. The standard InChI is InChI=1S/C57H38N2/c1-3-4-18-41-36(2)56-51-35-40(29-30-44(51)43-20-9-11-24-48(43)57(56)47-23-10-8-19-42(41)47)59-53-26-15-13-22-46(53)50-34-38(28-32-55(50)59)37-27-31-54-49(33-37)45-21-12-14-25-52(45)58(54)39-16-6-5-7-17-39/h3-35H,1H2,2H3/b18-4-. The van der Waals surface area contributed by atoms with E-state index in [0.29, 0.717) is 0 Å². The van der Waals surface area contributed by atoms with E-state index in [2.05, 4.69) is 217 Å². The van der Waals surface area contributed by atoms with Crippen LogP contribution in [0.25, 0.3) is 115 Å². The van der Waals surface area contributed by atoms with E-state index in [1.165, 1.54) is 115 Å². The lowest BCUT2D eigenvalue weighted by atomic mass is 9.85. The third kappa shape index (κ3) is 4.87. The summed E-state index contributed by atoms with van der Waals surface area (Å²) < 4.78 is 4.84. The number of hydrogen-bond acceptors (Lipinski definition) is 0. The zero-order chi connectivity index (χ0) is 39.2. The molecule has 0 radical (unpaired) electrons. The van der Waals surface area contributed by atoms with Crippen LogP contribution in [0, 0.1) is 6.92 Å². The fourth-order valence-corrected chi connectivity index (χ4v) is 10.1. The molecule has 0 spiro atoms. The molecule has 0 saturated heterocycles. The Balaban J connectivity index is 1.10. The predicted octanol–water partition coefficient (Wildman–Crippen LogP) is 15.7. The molecule has 276 valence electrons. The molecule has 2 heterocycles. The fourth-order valence-electron chi connectivity index (χ4n) is 10.1. The van der Waals surface area contributed by atoms with Crippen molar-refractivity contribution < 1.29 is 0 Å². The molecule has 10 aromatic carbocycles. The van der Waals surface area contributed by atoms with Crippen LogP contribution in [0.3, 0.4) is 0 Å². The monoisotopic (exact) mass is 750 g/mol. The van der Waals surface area contributed by atoms with Gasteiger partial charge in [0.2, 0.25) is 0 Å². The molecule has 0 atom stereocenters. The fraction of sp³-hybridized carbons (Fsp3) is 0.0175. The summed E-state index contributed by atoms with van der Waals surface area (Å²) in [5, 5.41) is 15.2. The summed E-state index contributed by atoms with van der Waals surface area (Å²) in [4.78, 5) is 0. The first-order valence-electron chi connectivity index (χ1n) is 20.4. The minimum Gasteiger partial charge on any atom is -0.309 e. The number of para-hydroxylation sites is 3. The molecule has 0 aliphatic rings. The molecule has 0 bridgehead atoms. The predicted molar refractivity (Wildman–Crippen MR) is 255 cm³/mol. The van der Waals surface area contributed by atoms with Gasteiger partial charge in [0, 0.05) is 32.9 Å². The van der Waals surface area contributed by atoms with Crippen molar-refractivity contribution >= 4 is 92.8 Å². The molecule has 59 heavy (non-hydrogen) atoms. The van der Waals surface area contributed by atoms with Gasteiger partial charge >= 0.3 is 0 Å². The van der Waals surface area contributed by atoms with Crippen LogP contribution in [0.2, 0.25) is 0 Å². The average Bonchev–Trinajstić information content (AvgIpc) is 3.81. The third-order valence-electron chi connectivity index (χ3n) is 12.6. The summed E-state index contributed by atoms with van der Waals surface area (Å²) in [6, 6.07) is 67.1. The number of rotatable bonds is 5. The highest BCUT2D eigenvalue weighted by Crippen LogP contribution is 2.45. The van der Waals surface area contributed by atoms with Crippen molar-refractivity contribution in [3.63, 3.8) is 0 Å². The quantitative estimate of drug-likeness (QED) is 0.122. The van der Waals surface area contributed by atoms with Gasteiger partial charge in [-0.1, -0.05) is 146 Å². The van der Waals surface area contributed by atoms with E-state index in [9.17, 15) is 0 Å². The molecule has 0 saturated carbocycles. The maximum absolute atomic E-state index is 3.99. The molecule has 0 aliphatic heterocycles. The SMILES string of the molecule is C=C/C=C\c1c(C)c2c3cc(-n4c5ccccc5c5cc(-c6ccc7c(c6)c6ccccc6n7-c6ccccc6)ccc54)ccc3c3ccccc3c2c2ccccc12. The first kappa shape index (κ1) is 33.5.